The highest BCUT2D eigenvalue weighted by atomic mass is 35.5. The first kappa shape index (κ1) is 23.7. The number of rotatable bonds is 8. The van der Waals surface area contributed by atoms with E-state index in [2.05, 4.69) is 10.2 Å². The first-order valence-electron chi connectivity index (χ1n) is 10.4. The van der Waals surface area contributed by atoms with Gasteiger partial charge in [0.15, 0.2) is 0 Å². The minimum atomic E-state index is -0.669. The van der Waals surface area contributed by atoms with Crippen molar-refractivity contribution in [3.05, 3.63) is 52.5 Å². The van der Waals surface area contributed by atoms with Crippen LogP contribution in [0.1, 0.15) is 26.7 Å². The highest BCUT2D eigenvalue weighted by molar-refractivity contribution is 6.42. The van der Waals surface area contributed by atoms with Crippen molar-refractivity contribution in [1.82, 2.24) is 4.90 Å². The van der Waals surface area contributed by atoms with Gasteiger partial charge in [0.2, 0.25) is 5.91 Å². The van der Waals surface area contributed by atoms with Gasteiger partial charge in [-0.1, -0.05) is 35.3 Å². The molecule has 1 aliphatic rings. The van der Waals surface area contributed by atoms with E-state index in [-0.39, 0.29) is 24.7 Å². The molecule has 31 heavy (non-hydrogen) atoms. The molecule has 1 saturated heterocycles. The summed E-state index contributed by atoms with van der Waals surface area (Å²) < 4.78 is 11.8. The molecule has 1 aliphatic heterocycles. The lowest BCUT2D eigenvalue weighted by Crippen LogP contribution is -2.49. The zero-order valence-corrected chi connectivity index (χ0v) is 19.2. The van der Waals surface area contributed by atoms with Crippen LogP contribution in [0.5, 0.6) is 11.5 Å². The molecule has 2 aromatic carbocycles. The summed E-state index contributed by atoms with van der Waals surface area (Å²) in [7, 11) is 0. The number of hydrogen-bond acceptors (Lipinski definition) is 5. The van der Waals surface area contributed by atoms with Crippen molar-refractivity contribution < 1.29 is 19.4 Å². The maximum absolute atomic E-state index is 11.3. The van der Waals surface area contributed by atoms with E-state index in [1.165, 1.54) is 6.92 Å². The second kappa shape index (κ2) is 11.0. The lowest BCUT2D eigenvalue weighted by atomic mass is 10.0. The van der Waals surface area contributed by atoms with Crippen LogP contribution in [-0.2, 0) is 4.79 Å². The molecule has 0 saturated carbocycles. The van der Waals surface area contributed by atoms with Crippen LogP contribution in [0.3, 0.4) is 0 Å². The van der Waals surface area contributed by atoms with E-state index in [9.17, 15) is 9.90 Å². The molecule has 1 heterocycles. The van der Waals surface area contributed by atoms with Gasteiger partial charge in [0.05, 0.1) is 15.7 Å². The molecule has 0 spiro atoms. The quantitative estimate of drug-likeness (QED) is 0.593. The van der Waals surface area contributed by atoms with Crippen molar-refractivity contribution in [2.45, 2.75) is 44.9 Å². The fourth-order valence-corrected chi connectivity index (χ4v) is 3.87. The molecular formula is C23H28Cl2N2O4. The first-order chi connectivity index (χ1) is 14.8. The average molecular weight is 467 g/mol. The Kier molecular flexibility index (Phi) is 8.43. The fourth-order valence-electron chi connectivity index (χ4n) is 3.59. The van der Waals surface area contributed by atoms with Gasteiger partial charge in [0, 0.05) is 32.1 Å². The molecule has 0 bridgehead atoms. The van der Waals surface area contributed by atoms with Gasteiger partial charge in [-0.25, -0.2) is 0 Å². The molecule has 168 valence electrons. The molecule has 2 aromatic rings. The van der Waals surface area contributed by atoms with Gasteiger partial charge in [-0.3, -0.25) is 9.69 Å². The minimum absolute atomic E-state index is 0.0705. The number of carbonyl (C=O) groups excluding carboxylic acids is 1. The predicted octanol–water partition coefficient (Wildman–Crippen LogP) is 4.62. The highest BCUT2D eigenvalue weighted by Gasteiger charge is 2.28. The van der Waals surface area contributed by atoms with Crippen molar-refractivity contribution >= 4 is 34.8 Å². The second-order valence-corrected chi connectivity index (χ2v) is 8.54. The van der Waals surface area contributed by atoms with Gasteiger partial charge < -0.3 is 19.9 Å². The average Bonchev–Trinajstić information content (AvgIpc) is 2.75. The summed E-state index contributed by atoms with van der Waals surface area (Å²) in [5.41, 5.74) is 0.593. The van der Waals surface area contributed by atoms with Gasteiger partial charge in [-0.15, -0.1) is 0 Å². The lowest BCUT2D eigenvalue weighted by Gasteiger charge is -2.37. The van der Waals surface area contributed by atoms with Crippen LogP contribution in [0.15, 0.2) is 42.5 Å². The first-order valence-corrected chi connectivity index (χ1v) is 11.1. The number of nitrogens with one attached hydrogen (secondary N) is 1. The molecule has 2 atom stereocenters. The molecule has 3 rings (SSSR count). The zero-order chi connectivity index (χ0) is 22.4. The Balaban J connectivity index is 1.47. The summed E-state index contributed by atoms with van der Waals surface area (Å²) in [6.45, 7) is 5.20. The molecule has 0 aliphatic carbocycles. The third-order valence-electron chi connectivity index (χ3n) is 5.41. The molecule has 6 nitrogen and oxygen atoms in total. The van der Waals surface area contributed by atoms with Gasteiger partial charge >= 0.3 is 0 Å². The van der Waals surface area contributed by atoms with Crippen molar-refractivity contribution in [3.63, 3.8) is 0 Å². The third kappa shape index (κ3) is 6.74. The molecule has 1 amide bonds. The van der Waals surface area contributed by atoms with Gasteiger partial charge in [0.1, 0.15) is 30.3 Å². The van der Waals surface area contributed by atoms with Crippen LogP contribution in [0, 0.1) is 0 Å². The van der Waals surface area contributed by atoms with Crippen LogP contribution < -0.4 is 14.8 Å². The number of carbonyl (C=O) groups is 1. The third-order valence-corrected chi connectivity index (χ3v) is 6.15. The minimum Gasteiger partial charge on any atom is -0.490 e. The van der Waals surface area contributed by atoms with E-state index in [0.717, 1.165) is 25.9 Å². The van der Waals surface area contributed by atoms with Crippen LogP contribution in [-0.4, -0.2) is 53.9 Å². The smallest absolute Gasteiger partial charge is 0.221 e. The summed E-state index contributed by atoms with van der Waals surface area (Å²) in [4.78, 5) is 13.6. The Morgan fingerprint density at radius 1 is 1.19 bits per heavy atom. The number of halogens is 2. The number of amides is 1. The molecule has 0 radical (unpaired) electrons. The van der Waals surface area contributed by atoms with Gasteiger partial charge in [-0.05, 0) is 44.0 Å². The van der Waals surface area contributed by atoms with Crippen molar-refractivity contribution in [1.29, 1.82) is 0 Å². The number of benzene rings is 2. The standard InChI is InChI=1S/C23H28Cl2N2O4/c1-15(22(29)14-30-23-6-4-3-5-21(23)26-16(2)28)27-11-9-17(10-12-27)31-18-7-8-19(24)20(25)13-18/h3-8,13,15,17,22,29H,9-12,14H2,1-2H3,(H,26,28)/t15?,22-/m0/s1. The summed E-state index contributed by atoms with van der Waals surface area (Å²) in [5, 5.41) is 14.4. The van der Waals surface area contributed by atoms with E-state index in [4.69, 9.17) is 32.7 Å². The predicted molar refractivity (Wildman–Crippen MR) is 123 cm³/mol. The number of hydrogen-bond donors (Lipinski definition) is 2. The Morgan fingerprint density at radius 2 is 1.90 bits per heavy atom. The molecule has 1 unspecified atom stereocenters. The van der Waals surface area contributed by atoms with Crippen molar-refractivity contribution in [2.24, 2.45) is 0 Å². The summed E-state index contributed by atoms with van der Waals surface area (Å²) in [6, 6.07) is 12.4. The molecule has 8 heteroatoms. The summed E-state index contributed by atoms with van der Waals surface area (Å²) in [6.07, 6.45) is 1.13. The van der Waals surface area contributed by atoms with Gasteiger partial charge in [0.25, 0.3) is 0 Å². The van der Waals surface area contributed by atoms with E-state index in [0.29, 0.717) is 27.2 Å². The highest BCUT2D eigenvalue weighted by Crippen LogP contribution is 2.29. The number of likely N-dealkylation sites (tertiary alicyclic amines) is 1. The SMILES string of the molecule is CC(=O)Nc1ccccc1OC[C@H](O)C(C)N1CCC(Oc2ccc(Cl)c(Cl)c2)CC1. The maximum Gasteiger partial charge on any atom is 0.221 e. The Bertz CT molecular complexity index is 888. The Labute approximate surface area is 193 Å². The molecule has 2 N–H and O–H groups in total. The van der Waals surface area contributed by atoms with Crippen molar-refractivity contribution in [2.75, 3.05) is 25.0 Å². The fraction of sp³-hybridized carbons (Fsp3) is 0.435. The summed E-state index contributed by atoms with van der Waals surface area (Å²) in [5.74, 6) is 1.08. The number of aliphatic hydroxyl groups is 1. The van der Waals surface area contributed by atoms with E-state index in [1.54, 1.807) is 24.3 Å². The Morgan fingerprint density at radius 3 is 2.58 bits per heavy atom. The number of ether oxygens (including phenoxy) is 2. The van der Waals surface area contributed by atoms with E-state index < -0.39 is 6.10 Å². The molecule has 1 fully saturated rings. The number of nitrogens with zero attached hydrogens (tertiary/aromatic N) is 1. The van der Waals surface area contributed by atoms with Gasteiger partial charge in [-0.2, -0.15) is 0 Å². The molecule has 0 aromatic heterocycles. The largest absolute Gasteiger partial charge is 0.490 e. The van der Waals surface area contributed by atoms with E-state index >= 15 is 0 Å². The number of para-hydroxylation sites is 2. The normalized spacial score (nSPS) is 17.1. The van der Waals surface area contributed by atoms with Crippen LogP contribution >= 0.6 is 23.2 Å². The van der Waals surface area contributed by atoms with E-state index in [1.807, 2.05) is 25.1 Å². The number of aliphatic hydroxyl groups excluding tert-OH is 1. The Hall–Kier alpha value is -1.99. The van der Waals surface area contributed by atoms with Crippen molar-refractivity contribution in [3.8, 4) is 11.5 Å². The number of piperidine rings is 1. The monoisotopic (exact) mass is 466 g/mol. The zero-order valence-electron chi connectivity index (χ0n) is 17.7. The summed E-state index contributed by atoms with van der Waals surface area (Å²) >= 11 is 12.0. The van der Waals surface area contributed by atoms with Crippen LogP contribution in [0.25, 0.3) is 0 Å². The lowest BCUT2D eigenvalue weighted by molar-refractivity contribution is -0.114. The second-order valence-electron chi connectivity index (χ2n) is 7.73. The van der Waals surface area contributed by atoms with Crippen LogP contribution in [0.2, 0.25) is 10.0 Å². The topological polar surface area (TPSA) is 71.0 Å². The van der Waals surface area contributed by atoms with Crippen LogP contribution in [0.4, 0.5) is 5.69 Å². The maximum atomic E-state index is 11.3. The number of anilines is 1. The molecular weight excluding hydrogens is 439 g/mol.